The summed E-state index contributed by atoms with van der Waals surface area (Å²) >= 11 is 5.65. The Morgan fingerprint density at radius 1 is 1.35 bits per heavy atom. The van der Waals surface area contributed by atoms with Crippen LogP contribution < -0.4 is 5.32 Å². The second-order valence-corrected chi connectivity index (χ2v) is 4.13. The smallest absolute Gasteiger partial charge is 0.306 e. The molecule has 0 saturated carbocycles. The van der Waals surface area contributed by atoms with Gasteiger partial charge in [-0.25, -0.2) is 4.98 Å². The molecule has 102 valence electrons. The molecule has 0 unspecified atom stereocenters. The third-order valence-electron chi connectivity index (χ3n) is 2.39. The van der Waals surface area contributed by atoms with Gasteiger partial charge in [-0.05, 0) is 24.3 Å². The number of hydrogen-bond donors (Lipinski definition) is 1. The molecule has 0 aliphatic carbocycles. The van der Waals surface area contributed by atoms with Gasteiger partial charge in [-0.15, -0.1) is 0 Å². The number of halogens is 2. The number of amides is 1. The molecule has 1 aromatic carbocycles. The van der Waals surface area contributed by atoms with Gasteiger partial charge in [-0.3, -0.25) is 14.9 Å². The lowest BCUT2D eigenvalue weighted by atomic mass is 10.2. The number of aromatic nitrogens is 1. The van der Waals surface area contributed by atoms with Crippen LogP contribution in [0.4, 0.5) is 15.8 Å². The topological polar surface area (TPSA) is 85.1 Å². The van der Waals surface area contributed by atoms with Gasteiger partial charge in [0.25, 0.3) is 5.91 Å². The molecule has 0 aliphatic rings. The van der Waals surface area contributed by atoms with Crippen LogP contribution in [-0.4, -0.2) is 15.8 Å². The molecule has 2 aromatic rings. The van der Waals surface area contributed by atoms with Gasteiger partial charge in [0.15, 0.2) is 0 Å². The van der Waals surface area contributed by atoms with Crippen molar-refractivity contribution in [1.29, 1.82) is 0 Å². The minimum absolute atomic E-state index is 0.107. The zero-order valence-electron chi connectivity index (χ0n) is 9.84. The molecule has 0 bridgehead atoms. The Bertz CT molecular complexity index is 693. The Hall–Kier alpha value is -2.54. The van der Waals surface area contributed by atoms with Crippen molar-refractivity contribution in [1.82, 2.24) is 4.98 Å². The quantitative estimate of drug-likeness (QED) is 0.536. The highest BCUT2D eigenvalue weighted by atomic mass is 35.5. The van der Waals surface area contributed by atoms with E-state index in [0.717, 1.165) is 12.1 Å². The van der Waals surface area contributed by atoms with E-state index in [2.05, 4.69) is 10.3 Å². The van der Waals surface area contributed by atoms with Gasteiger partial charge < -0.3 is 5.32 Å². The Kier molecular flexibility index (Phi) is 3.90. The lowest BCUT2D eigenvalue weighted by Gasteiger charge is -2.05. The van der Waals surface area contributed by atoms with Gasteiger partial charge in [0.2, 0.25) is 5.82 Å². The summed E-state index contributed by atoms with van der Waals surface area (Å²) in [5.41, 5.74) is -0.372. The minimum Gasteiger partial charge on any atom is -0.322 e. The number of carbonyl (C=O) groups excluding carboxylic acids is 1. The molecule has 0 fully saturated rings. The van der Waals surface area contributed by atoms with Crippen molar-refractivity contribution in [2.24, 2.45) is 0 Å². The molecule has 0 spiro atoms. The molecule has 0 saturated heterocycles. The molecular weight excluding hydrogens is 289 g/mol. The van der Waals surface area contributed by atoms with Crippen LogP contribution in [-0.2, 0) is 0 Å². The molecule has 20 heavy (non-hydrogen) atoms. The monoisotopic (exact) mass is 295 g/mol. The van der Waals surface area contributed by atoms with Gasteiger partial charge in [0, 0.05) is 23.5 Å². The summed E-state index contributed by atoms with van der Waals surface area (Å²) in [6.45, 7) is 0. The van der Waals surface area contributed by atoms with E-state index in [-0.39, 0.29) is 16.4 Å². The van der Waals surface area contributed by atoms with Crippen LogP contribution in [0.15, 0.2) is 36.5 Å². The summed E-state index contributed by atoms with van der Waals surface area (Å²) in [4.78, 5) is 25.3. The molecule has 8 heteroatoms. The van der Waals surface area contributed by atoms with Crippen molar-refractivity contribution in [3.05, 3.63) is 63.2 Å². The molecule has 2 rings (SSSR count). The second-order valence-electron chi connectivity index (χ2n) is 3.74. The lowest BCUT2D eigenvalue weighted by molar-refractivity contribution is -0.387. The van der Waals surface area contributed by atoms with Crippen molar-refractivity contribution in [2.45, 2.75) is 0 Å². The Balaban J connectivity index is 2.24. The molecule has 0 radical (unpaired) electrons. The number of rotatable bonds is 3. The highest BCUT2D eigenvalue weighted by Crippen LogP contribution is 2.22. The van der Waals surface area contributed by atoms with Crippen LogP contribution in [0.5, 0.6) is 0 Å². The molecular formula is C12H7ClFN3O3. The molecule has 0 atom stereocenters. The summed E-state index contributed by atoms with van der Waals surface area (Å²) in [7, 11) is 0. The van der Waals surface area contributed by atoms with E-state index in [1.165, 1.54) is 24.4 Å². The number of carbonyl (C=O) groups is 1. The van der Waals surface area contributed by atoms with Crippen LogP contribution in [0, 0.1) is 15.9 Å². The van der Waals surface area contributed by atoms with E-state index in [0.29, 0.717) is 0 Å². The molecule has 1 aromatic heterocycles. The maximum atomic E-state index is 13.2. The van der Waals surface area contributed by atoms with E-state index < -0.39 is 22.3 Å². The summed E-state index contributed by atoms with van der Waals surface area (Å²) in [6.07, 6.45) is 1.35. The first-order valence-corrected chi connectivity index (χ1v) is 5.72. The zero-order chi connectivity index (χ0) is 14.7. The van der Waals surface area contributed by atoms with Crippen molar-refractivity contribution in [3.63, 3.8) is 0 Å². The van der Waals surface area contributed by atoms with Crippen molar-refractivity contribution >= 4 is 28.9 Å². The number of nitro groups is 1. The van der Waals surface area contributed by atoms with Gasteiger partial charge in [-0.1, -0.05) is 11.6 Å². The normalized spacial score (nSPS) is 10.1. The first-order valence-electron chi connectivity index (χ1n) is 5.34. The van der Waals surface area contributed by atoms with E-state index >= 15 is 0 Å². The maximum absolute atomic E-state index is 13.2. The number of nitrogens with one attached hydrogen (secondary N) is 1. The average molecular weight is 296 g/mol. The van der Waals surface area contributed by atoms with E-state index in [9.17, 15) is 19.3 Å². The van der Waals surface area contributed by atoms with E-state index in [1.54, 1.807) is 0 Å². The van der Waals surface area contributed by atoms with Crippen molar-refractivity contribution in [2.75, 3.05) is 5.32 Å². The SMILES string of the molecule is O=C(Nc1ccc(F)c([N+](=O)[O-])c1)c1ccnc(Cl)c1. The number of nitro benzene ring substituents is 1. The van der Waals surface area contributed by atoms with Crippen LogP contribution in [0.25, 0.3) is 0 Å². The molecule has 1 N–H and O–H groups in total. The largest absolute Gasteiger partial charge is 0.322 e. The standard InChI is InChI=1S/C12H7ClFN3O3/c13-11-5-7(3-4-15-11)12(18)16-8-1-2-9(14)10(6-8)17(19)20/h1-6H,(H,16,18). The first-order chi connectivity index (χ1) is 9.47. The fraction of sp³-hybridized carbons (Fsp3) is 0. The number of anilines is 1. The summed E-state index contributed by atoms with van der Waals surface area (Å²) in [5, 5.41) is 13.2. The Morgan fingerprint density at radius 2 is 2.10 bits per heavy atom. The number of hydrogen-bond acceptors (Lipinski definition) is 4. The van der Waals surface area contributed by atoms with Crippen molar-refractivity contribution < 1.29 is 14.1 Å². The van der Waals surface area contributed by atoms with Gasteiger partial charge in [0.05, 0.1) is 4.92 Å². The fourth-order valence-corrected chi connectivity index (χ4v) is 1.65. The third kappa shape index (κ3) is 3.07. The number of nitrogens with zero attached hydrogens (tertiary/aromatic N) is 2. The first kappa shape index (κ1) is 13.9. The third-order valence-corrected chi connectivity index (χ3v) is 2.60. The summed E-state index contributed by atoms with van der Waals surface area (Å²) in [6, 6.07) is 5.85. The molecule has 0 aliphatic heterocycles. The Morgan fingerprint density at radius 3 is 2.75 bits per heavy atom. The number of pyridine rings is 1. The highest BCUT2D eigenvalue weighted by molar-refractivity contribution is 6.29. The molecule has 6 nitrogen and oxygen atoms in total. The Labute approximate surface area is 117 Å². The van der Waals surface area contributed by atoms with Crippen LogP contribution in [0.1, 0.15) is 10.4 Å². The van der Waals surface area contributed by atoms with Crippen LogP contribution >= 0.6 is 11.6 Å². The van der Waals surface area contributed by atoms with E-state index in [1.807, 2.05) is 0 Å². The lowest BCUT2D eigenvalue weighted by Crippen LogP contribution is -2.12. The van der Waals surface area contributed by atoms with Crippen LogP contribution in [0.3, 0.4) is 0 Å². The second kappa shape index (κ2) is 5.62. The maximum Gasteiger partial charge on any atom is 0.306 e. The van der Waals surface area contributed by atoms with Gasteiger partial charge in [0.1, 0.15) is 5.15 Å². The van der Waals surface area contributed by atoms with Crippen LogP contribution in [0.2, 0.25) is 5.15 Å². The molecule has 1 heterocycles. The highest BCUT2D eigenvalue weighted by Gasteiger charge is 2.15. The van der Waals surface area contributed by atoms with E-state index in [4.69, 9.17) is 11.6 Å². The predicted octanol–water partition coefficient (Wildman–Crippen LogP) is 3.03. The van der Waals surface area contributed by atoms with Gasteiger partial charge >= 0.3 is 5.69 Å². The number of benzene rings is 1. The minimum atomic E-state index is -0.972. The van der Waals surface area contributed by atoms with Crippen molar-refractivity contribution in [3.8, 4) is 0 Å². The van der Waals surface area contributed by atoms with Gasteiger partial charge in [-0.2, -0.15) is 4.39 Å². The average Bonchev–Trinajstić information content (AvgIpc) is 2.40. The summed E-state index contributed by atoms with van der Waals surface area (Å²) < 4.78 is 13.2. The molecule has 1 amide bonds. The summed E-state index contributed by atoms with van der Waals surface area (Å²) in [5.74, 6) is -1.50. The predicted molar refractivity (Wildman–Crippen MR) is 70.3 cm³/mol. The fourth-order valence-electron chi connectivity index (χ4n) is 1.48. The zero-order valence-corrected chi connectivity index (χ0v) is 10.6.